The van der Waals surface area contributed by atoms with Gasteiger partial charge in [0, 0.05) is 6.04 Å². The van der Waals surface area contributed by atoms with Crippen LogP contribution in [0, 0.1) is 13.8 Å². The van der Waals surface area contributed by atoms with Crippen LogP contribution in [0.15, 0.2) is 47.6 Å². The number of carbonyl (C=O) groups excluding carboxylic acids is 2. The molecule has 0 bridgehead atoms. The summed E-state index contributed by atoms with van der Waals surface area (Å²) in [5, 5.41) is 18.4. The van der Waals surface area contributed by atoms with Crippen LogP contribution in [0.5, 0.6) is 0 Å². The van der Waals surface area contributed by atoms with Crippen molar-refractivity contribution in [2.75, 3.05) is 11.1 Å². The molecule has 8 nitrogen and oxygen atoms in total. The summed E-state index contributed by atoms with van der Waals surface area (Å²) in [6, 6.07) is 13.3. The maximum Gasteiger partial charge on any atom is 0.253 e. The third-order valence-corrected chi connectivity index (χ3v) is 6.41. The van der Waals surface area contributed by atoms with Crippen LogP contribution >= 0.6 is 11.8 Å². The van der Waals surface area contributed by atoms with Crippen LogP contribution in [0.1, 0.15) is 47.2 Å². The van der Waals surface area contributed by atoms with Gasteiger partial charge in [-0.3, -0.25) is 9.59 Å². The lowest BCUT2D eigenvalue weighted by molar-refractivity contribution is -0.113. The molecule has 0 unspecified atom stereocenters. The van der Waals surface area contributed by atoms with Gasteiger partial charge in [0.1, 0.15) is 0 Å². The molecule has 166 valence electrons. The number of nitrogens with one attached hydrogen (secondary N) is 2. The van der Waals surface area contributed by atoms with Crippen molar-refractivity contribution in [3.63, 3.8) is 0 Å². The molecule has 2 amide bonds. The van der Waals surface area contributed by atoms with Crippen molar-refractivity contribution in [1.82, 2.24) is 25.5 Å². The molecule has 1 fully saturated rings. The molecule has 3 aromatic rings. The van der Waals surface area contributed by atoms with Crippen molar-refractivity contribution in [2.45, 2.75) is 50.7 Å². The highest BCUT2D eigenvalue weighted by molar-refractivity contribution is 7.99. The van der Waals surface area contributed by atoms with Gasteiger partial charge in [-0.15, -0.1) is 5.10 Å². The highest BCUT2D eigenvalue weighted by Gasteiger charge is 2.20. The Labute approximate surface area is 191 Å². The second kappa shape index (κ2) is 9.95. The van der Waals surface area contributed by atoms with Crippen LogP contribution in [0.25, 0.3) is 5.69 Å². The van der Waals surface area contributed by atoms with E-state index in [1.165, 1.54) is 11.8 Å². The Morgan fingerprint density at radius 3 is 2.69 bits per heavy atom. The van der Waals surface area contributed by atoms with E-state index in [4.69, 9.17) is 0 Å². The first-order valence-corrected chi connectivity index (χ1v) is 11.7. The number of nitrogens with zero attached hydrogens (tertiary/aromatic N) is 4. The number of aryl methyl sites for hydroxylation is 2. The van der Waals surface area contributed by atoms with Crippen LogP contribution < -0.4 is 10.6 Å². The smallest absolute Gasteiger partial charge is 0.253 e. The Kier molecular flexibility index (Phi) is 6.84. The summed E-state index contributed by atoms with van der Waals surface area (Å²) in [5.74, 6) is -0.269. The van der Waals surface area contributed by atoms with E-state index in [-0.39, 0.29) is 23.6 Å². The van der Waals surface area contributed by atoms with Crippen LogP contribution in [-0.4, -0.2) is 43.8 Å². The van der Waals surface area contributed by atoms with Crippen molar-refractivity contribution in [1.29, 1.82) is 0 Å². The van der Waals surface area contributed by atoms with Gasteiger partial charge in [-0.05, 0) is 60.9 Å². The van der Waals surface area contributed by atoms with Crippen molar-refractivity contribution < 1.29 is 9.59 Å². The van der Waals surface area contributed by atoms with Gasteiger partial charge in [0.05, 0.1) is 22.7 Å². The summed E-state index contributed by atoms with van der Waals surface area (Å²) in [6.07, 6.45) is 4.29. The molecule has 1 aliphatic rings. The number of benzene rings is 2. The first-order chi connectivity index (χ1) is 15.5. The molecule has 32 heavy (non-hydrogen) atoms. The topological polar surface area (TPSA) is 102 Å². The first kappa shape index (κ1) is 22.0. The molecule has 0 saturated heterocycles. The number of hydrogen-bond acceptors (Lipinski definition) is 6. The van der Waals surface area contributed by atoms with Gasteiger partial charge in [0.25, 0.3) is 5.91 Å². The number of tetrazole rings is 1. The largest absolute Gasteiger partial charge is 0.349 e. The van der Waals surface area contributed by atoms with E-state index in [0.717, 1.165) is 42.5 Å². The number of thioether (sulfide) groups is 1. The molecule has 0 spiro atoms. The molecule has 2 aromatic carbocycles. The second-order valence-electron chi connectivity index (χ2n) is 8.00. The van der Waals surface area contributed by atoms with Crippen molar-refractivity contribution >= 4 is 29.3 Å². The highest BCUT2D eigenvalue weighted by Crippen LogP contribution is 2.23. The molecule has 2 N–H and O–H groups in total. The monoisotopic (exact) mass is 450 g/mol. The van der Waals surface area contributed by atoms with Crippen LogP contribution in [0.4, 0.5) is 5.69 Å². The van der Waals surface area contributed by atoms with Gasteiger partial charge in [-0.1, -0.05) is 54.4 Å². The van der Waals surface area contributed by atoms with E-state index in [2.05, 4.69) is 32.2 Å². The van der Waals surface area contributed by atoms with Gasteiger partial charge >= 0.3 is 0 Å². The van der Waals surface area contributed by atoms with Gasteiger partial charge in [-0.2, -0.15) is 4.68 Å². The third kappa shape index (κ3) is 5.16. The number of rotatable bonds is 7. The Morgan fingerprint density at radius 1 is 1.12 bits per heavy atom. The standard InChI is InChI=1S/C23H26N6O2S/c1-15-11-12-20(16(2)13-15)29-23(26-27-28-29)32-14-21(30)25-19-10-6-5-9-18(19)22(31)24-17-7-3-4-8-17/h5-6,9-13,17H,3-4,7-8,14H2,1-2H3,(H,24,31)(H,25,30). The molecule has 9 heteroatoms. The average molecular weight is 451 g/mol. The van der Waals surface area contributed by atoms with Crippen molar-refractivity contribution in [2.24, 2.45) is 0 Å². The summed E-state index contributed by atoms with van der Waals surface area (Å²) >= 11 is 1.24. The van der Waals surface area contributed by atoms with Crippen molar-refractivity contribution in [3.05, 3.63) is 59.2 Å². The lowest BCUT2D eigenvalue weighted by atomic mass is 10.1. The average Bonchev–Trinajstić information content (AvgIpc) is 3.45. The summed E-state index contributed by atoms with van der Waals surface area (Å²) in [5.41, 5.74) is 4.05. The fraction of sp³-hybridized carbons (Fsp3) is 0.348. The van der Waals surface area contributed by atoms with E-state index >= 15 is 0 Å². The van der Waals surface area contributed by atoms with E-state index in [1.54, 1.807) is 28.9 Å². The SMILES string of the molecule is Cc1ccc(-n2nnnc2SCC(=O)Nc2ccccc2C(=O)NC2CCCC2)c(C)c1. The number of amides is 2. The summed E-state index contributed by atoms with van der Waals surface area (Å²) in [6.45, 7) is 4.03. The van der Waals surface area contributed by atoms with E-state index in [1.807, 2.05) is 26.0 Å². The molecule has 1 aliphatic carbocycles. The Balaban J connectivity index is 1.40. The molecular weight excluding hydrogens is 424 g/mol. The maximum atomic E-state index is 12.7. The second-order valence-corrected chi connectivity index (χ2v) is 8.94. The van der Waals surface area contributed by atoms with Crippen molar-refractivity contribution in [3.8, 4) is 5.69 Å². The quantitative estimate of drug-likeness (QED) is 0.533. The minimum absolute atomic E-state index is 0.115. The van der Waals surface area contributed by atoms with Gasteiger partial charge in [-0.25, -0.2) is 0 Å². The highest BCUT2D eigenvalue weighted by atomic mass is 32.2. The van der Waals surface area contributed by atoms with E-state index in [0.29, 0.717) is 16.4 Å². The molecule has 1 saturated carbocycles. The molecule has 1 aromatic heterocycles. The number of anilines is 1. The maximum absolute atomic E-state index is 12.7. The lowest BCUT2D eigenvalue weighted by Gasteiger charge is -2.15. The Morgan fingerprint density at radius 2 is 1.91 bits per heavy atom. The minimum Gasteiger partial charge on any atom is -0.349 e. The summed E-state index contributed by atoms with van der Waals surface area (Å²) < 4.78 is 1.63. The van der Waals surface area contributed by atoms with Crippen LogP contribution in [-0.2, 0) is 4.79 Å². The number of hydrogen-bond donors (Lipinski definition) is 2. The molecule has 0 radical (unpaired) electrons. The predicted molar refractivity (Wildman–Crippen MR) is 124 cm³/mol. The zero-order valence-corrected chi connectivity index (χ0v) is 19.0. The molecule has 1 heterocycles. The van der Waals surface area contributed by atoms with E-state index in [9.17, 15) is 9.59 Å². The zero-order chi connectivity index (χ0) is 22.5. The zero-order valence-electron chi connectivity index (χ0n) is 18.2. The molecule has 0 aliphatic heterocycles. The van der Waals surface area contributed by atoms with Gasteiger partial charge in [0.2, 0.25) is 11.1 Å². The Hall–Kier alpha value is -3.20. The molecular formula is C23H26N6O2S. The van der Waals surface area contributed by atoms with E-state index < -0.39 is 0 Å². The van der Waals surface area contributed by atoms with Crippen LogP contribution in [0.2, 0.25) is 0 Å². The number of aromatic nitrogens is 4. The summed E-state index contributed by atoms with van der Waals surface area (Å²) in [4.78, 5) is 25.4. The summed E-state index contributed by atoms with van der Waals surface area (Å²) in [7, 11) is 0. The van der Waals surface area contributed by atoms with Crippen LogP contribution in [0.3, 0.4) is 0 Å². The molecule has 0 atom stereocenters. The third-order valence-electron chi connectivity index (χ3n) is 5.49. The first-order valence-electron chi connectivity index (χ1n) is 10.7. The predicted octanol–water partition coefficient (Wildman–Crippen LogP) is 3.68. The number of para-hydroxylation sites is 1. The minimum atomic E-state index is -0.230. The fourth-order valence-corrected chi connectivity index (χ4v) is 4.59. The van der Waals surface area contributed by atoms with Gasteiger partial charge < -0.3 is 10.6 Å². The molecule has 4 rings (SSSR count). The normalized spacial score (nSPS) is 13.8. The fourth-order valence-electron chi connectivity index (χ4n) is 3.90. The van der Waals surface area contributed by atoms with Gasteiger partial charge in [0.15, 0.2) is 0 Å². The number of carbonyl (C=O) groups is 2. The lowest BCUT2D eigenvalue weighted by Crippen LogP contribution is -2.33. The Bertz CT molecular complexity index is 1120.